The van der Waals surface area contributed by atoms with E-state index in [-0.39, 0.29) is 28.9 Å². The summed E-state index contributed by atoms with van der Waals surface area (Å²) in [6.45, 7) is 11.8. The Kier molecular flexibility index (Phi) is 9.86. The summed E-state index contributed by atoms with van der Waals surface area (Å²) >= 11 is 0. The second-order valence-electron chi connectivity index (χ2n) is 8.71. The van der Waals surface area contributed by atoms with Gasteiger partial charge in [-0.05, 0) is 88.1 Å². The number of para-hydroxylation sites is 2. The first-order valence-corrected chi connectivity index (χ1v) is 11.5. The molecule has 0 amide bonds. The molecular formula is C30H32AlN2O3. The molecule has 183 valence electrons. The van der Waals surface area contributed by atoms with E-state index in [1.54, 1.807) is 12.1 Å². The molecule has 36 heavy (non-hydrogen) atoms. The van der Waals surface area contributed by atoms with Crippen molar-refractivity contribution < 1.29 is 15.3 Å². The Hall–Kier alpha value is -3.59. The third-order valence-corrected chi connectivity index (χ3v) is 5.99. The number of rotatable bonds is 0. The van der Waals surface area contributed by atoms with Crippen LogP contribution in [0.4, 0.5) is 0 Å². The second-order valence-corrected chi connectivity index (χ2v) is 8.71. The van der Waals surface area contributed by atoms with E-state index in [9.17, 15) is 15.3 Å². The third kappa shape index (κ3) is 6.75. The van der Waals surface area contributed by atoms with Gasteiger partial charge in [0.25, 0.3) is 0 Å². The van der Waals surface area contributed by atoms with Crippen LogP contribution in [0.2, 0.25) is 0 Å². The van der Waals surface area contributed by atoms with Crippen molar-refractivity contribution >= 4 is 39.2 Å². The van der Waals surface area contributed by atoms with Gasteiger partial charge >= 0.3 is 0 Å². The molecule has 0 fully saturated rings. The summed E-state index contributed by atoms with van der Waals surface area (Å²) in [5.41, 5.74) is 7.60. The highest BCUT2D eigenvalue weighted by molar-refractivity contribution is 5.84. The van der Waals surface area contributed by atoms with Crippen molar-refractivity contribution in [2.45, 2.75) is 41.5 Å². The van der Waals surface area contributed by atoms with Gasteiger partial charge in [0.15, 0.2) is 0 Å². The van der Waals surface area contributed by atoms with E-state index in [0.717, 1.165) is 33.3 Å². The topological polar surface area (TPSA) is 86.5 Å². The van der Waals surface area contributed by atoms with Gasteiger partial charge in [-0.25, -0.2) is 9.97 Å². The van der Waals surface area contributed by atoms with Gasteiger partial charge in [-0.15, -0.1) is 0 Å². The summed E-state index contributed by atoms with van der Waals surface area (Å²) < 4.78 is 0. The fourth-order valence-corrected chi connectivity index (χ4v) is 3.73. The van der Waals surface area contributed by atoms with Crippen molar-refractivity contribution in [2.24, 2.45) is 0 Å². The molecule has 0 aliphatic rings. The fraction of sp³-hybridized carbons (Fsp3) is 0.200. The SMILES string of the molecule is Cc1cc(C)c(O)c(C)c1C.Cc1ccc2cccc(O)c2n1.Cc1ccc2cccc(O)c2n1.[Al]. The average molecular weight is 496 g/mol. The number of hydrogen-bond acceptors (Lipinski definition) is 5. The van der Waals surface area contributed by atoms with Crippen molar-refractivity contribution in [3.8, 4) is 17.2 Å². The molecule has 6 heteroatoms. The standard InChI is InChI=1S/2C10H9NO.C10H14O.Al/c2*1-7-5-6-8-3-2-4-9(12)10(8)11-7;1-6-5-7(2)10(11)9(4)8(6)3;/h2*2-6,12H,1H3;5,11H,1-4H3;. The van der Waals surface area contributed by atoms with Gasteiger partial charge in [0.1, 0.15) is 28.3 Å². The maximum Gasteiger partial charge on any atom is 0.141 e. The highest BCUT2D eigenvalue weighted by atomic mass is 27.0. The van der Waals surface area contributed by atoms with E-state index in [1.165, 1.54) is 11.1 Å². The smallest absolute Gasteiger partial charge is 0.141 e. The van der Waals surface area contributed by atoms with E-state index in [2.05, 4.69) is 16.9 Å². The Labute approximate surface area is 223 Å². The van der Waals surface area contributed by atoms with Crippen LogP contribution in [0.15, 0.2) is 66.7 Å². The Morgan fingerprint density at radius 2 is 0.972 bits per heavy atom. The molecule has 3 radical (unpaired) electrons. The van der Waals surface area contributed by atoms with Crippen LogP contribution in [0.5, 0.6) is 17.2 Å². The first kappa shape index (κ1) is 28.6. The van der Waals surface area contributed by atoms with Gasteiger partial charge < -0.3 is 15.3 Å². The predicted octanol–water partition coefficient (Wildman–Crippen LogP) is 6.74. The predicted molar refractivity (Wildman–Crippen MR) is 149 cm³/mol. The van der Waals surface area contributed by atoms with Crippen molar-refractivity contribution in [2.75, 3.05) is 0 Å². The summed E-state index contributed by atoms with van der Waals surface area (Å²) in [7, 11) is 0. The Balaban J connectivity index is 0.000000188. The normalized spacial score (nSPS) is 10.1. The lowest BCUT2D eigenvalue weighted by molar-refractivity contribution is 0.466. The molecule has 0 spiro atoms. The number of hydrogen-bond donors (Lipinski definition) is 3. The number of pyridine rings is 2. The highest BCUT2D eigenvalue weighted by Gasteiger charge is 2.05. The van der Waals surface area contributed by atoms with E-state index >= 15 is 0 Å². The molecule has 3 aromatic carbocycles. The Morgan fingerprint density at radius 3 is 1.42 bits per heavy atom. The van der Waals surface area contributed by atoms with Gasteiger partial charge in [-0.3, -0.25) is 0 Å². The van der Waals surface area contributed by atoms with Gasteiger partial charge in [0, 0.05) is 39.5 Å². The molecule has 2 heterocycles. The van der Waals surface area contributed by atoms with Crippen LogP contribution in [-0.4, -0.2) is 42.6 Å². The zero-order valence-corrected chi connectivity index (χ0v) is 22.8. The number of aromatic nitrogens is 2. The fourth-order valence-electron chi connectivity index (χ4n) is 3.73. The molecule has 0 unspecified atom stereocenters. The van der Waals surface area contributed by atoms with Gasteiger partial charge in [0.2, 0.25) is 0 Å². The van der Waals surface area contributed by atoms with Crippen molar-refractivity contribution in [3.63, 3.8) is 0 Å². The number of fused-ring (bicyclic) bond motifs is 2. The zero-order chi connectivity index (χ0) is 25.7. The van der Waals surface area contributed by atoms with Crippen LogP contribution in [0.1, 0.15) is 33.6 Å². The quantitative estimate of drug-likeness (QED) is 0.207. The minimum absolute atomic E-state index is 0. The maximum absolute atomic E-state index is 9.51. The van der Waals surface area contributed by atoms with E-state index in [0.29, 0.717) is 16.8 Å². The van der Waals surface area contributed by atoms with Crippen molar-refractivity contribution in [3.05, 3.63) is 100 Å². The average Bonchev–Trinajstić information content (AvgIpc) is 2.83. The molecule has 0 bridgehead atoms. The molecular weight excluding hydrogens is 463 g/mol. The molecule has 0 saturated carbocycles. The van der Waals surface area contributed by atoms with E-state index < -0.39 is 0 Å². The molecule has 5 rings (SSSR count). The highest BCUT2D eigenvalue weighted by Crippen LogP contribution is 2.26. The molecule has 5 nitrogen and oxygen atoms in total. The van der Waals surface area contributed by atoms with Crippen LogP contribution in [0.3, 0.4) is 0 Å². The third-order valence-electron chi connectivity index (χ3n) is 5.99. The lowest BCUT2D eigenvalue weighted by atomic mass is 10.00. The lowest BCUT2D eigenvalue weighted by Crippen LogP contribution is -1.89. The Bertz CT molecular complexity index is 1390. The van der Waals surface area contributed by atoms with Crippen LogP contribution in [0, 0.1) is 41.5 Å². The van der Waals surface area contributed by atoms with Crippen molar-refractivity contribution in [1.82, 2.24) is 9.97 Å². The van der Waals surface area contributed by atoms with E-state index in [4.69, 9.17) is 0 Å². The molecule has 0 aliphatic heterocycles. The molecule has 3 N–H and O–H groups in total. The first-order valence-electron chi connectivity index (χ1n) is 11.5. The zero-order valence-electron chi connectivity index (χ0n) is 21.7. The number of aryl methyl sites for hydroxylation is 4. The van der Waals surface area contributed by atoms with Crippen LogP contribution >= 0.6 is 0 Å². The largest absolute Gasteiger partial charge is 0.507 e. The first-order chi connectivity index (χ1) is 16.6. The molecule has 0 atom stereocenters. The summed E-state index contributed by atoms with van der Waals surface area (Å²) in [5.74, 6) is 0.931. The molecule has 5 aromatic rings. The van der Waals surface area contributed by atoms with Gasteiger partial charge in [-0.1, -0.05) is 42.5 Å². The number of phenols is 3. The summed E-state index contributed by atoms with van der Waals surface area (Å²) in [6.07, 6.45) is 0. The second kappa shape index (κ2) is 12.4. The summed E-state index contributed by atoms with van der Waals surface area (Å²) in [6, 6.07) is 20.6. The van der Waals surface area contributed by atoms with E-state index in [1.807, 2.05) is 89.2 Å². The summed E-state index contributed by atoms with van der Waals surface area (Å²) in [4.78, 5) is 8.45. The number of nitrogens with zero attached hydrogens (tertiary/aromatic N) is 2. The van der Waals surface area contributed by atoms with Gasteiger partial charge in [0.05, 0.1) is 0 Å². The number of aromatic hydroxyl groups is 3. The molecule has 0 aliphatic carbocycles. The molecule has 2 aromatic heterocycles. The molecule has 0 saturated heterocycles. The minimum atomic E-state index is 0. The summed E-state index contributed by atoms with van der Waals surface area (Å²) in [5, 5.41) is 30.3. The van der Waals surface area contributed by atoms with Crippen LogP contribution in [-0.2, 0) is 0 Å². The number of benzene rings is 3. The maximum atomic E-state index is 9.51. The number of phenolic OH excluding ortho intramolecular Hbond substituents is 3. The Morgan fingerprint density at radius 1 is 0.528 bits per heavy atom. The minimum Gasteiger partial charge on any atom is -0.507 e. The van der Waals surface area contributed by atoms with Gasteiger partial charge in [-0.2, -0.15) is 0 Å². The lowest BCUT2D eigenvalue weighted by Gasteiger charge is -2.09. The van der Waals surface area contributed by atoms with Crippen LogP contribution < -0.4 is 0 Å². The monoisotopic (exact) mass is 495 g/mol. The van der Waals surface area contributed by atoms with Crippen LogP contribution in [0.25, 0.3) is 21.8 Å². The van der Waals surface area contributed by atoms with Crippen molar-refractivity contribution in [1.29, 1.82) is 0 Å².